The summed E-state index contributed by atoms with van der Waals surface area (Å²) in [5.41, 5.74) is 8.13. The molecule has 6 heteroatoms. The Hall–Kier alpha value is -2.34. The fraction of sp³-hybridized carbons (Fsp3) is 0.0909. The fourth-order valence-corrected chi connectivity index (χ4v) is 1.65. The first-order valence-electron chi connectivity index (χ1n) is 5.30. The second-order valence-corrected chi connectivity index (χ2v) is 3.68. The van der Waals surface area contributed by atoms with Crippen molar-refractivity contribution < 1.29 is 0 Å². The van der Waals surface area contributed by atoms with Crippen LogP contribution in [0.3, 0.4) is 0 Å². The van der Waals surface area contributed by atoms with E-state index in [0.717, 1.165) is 22.8 Å². The summed E-state index contributed by atoms with van der Waals surface area (Å²) in [4.78, 5) is 7.29. The highest BCUT2D eigenvalue weighted by Gasteiger charge is 2.02. The maximum absolute atomic E-state index is 5.54. The van der Waals surface area contributed by atoms with Crippen LogP contribution in [0.15, 0.2) is 36.8 Å². The van der Waals surface area contributed by atoms with Gasteiger partial charge in [-0.15, -0.1) is 5.10 Å². The number of imidazole rings is 1. The molecule has 0 unspecified atom stereocenters. The zero-order chi connectivity index (χ0) is 11.7. The van der Waals surface area contributed by atoms with Gasteiger partial charge in [0.15, 0.2) is 11.5 Å². The van der Waals surface area contributed by atoms with Crippen molar-refractivity contribution >= 4 is 17.2 Å². The Labute approximate surface area is 97.5 Å². The van der Waals surface area contributed by atoms with Gasteiger partial charge in [-0.2, -0.15) is 0 Å². The molecule has 0 radical (unpaired) electrons. The van der Waals surface area contributed by atoms with Gasteiger partial charge in [0.1, 0.15) is 0 Å². The summed E-state index contributed by atoms with van der Waals surface area (Å²) < 4.78 is 1.72. The molecular formula is C11H12N6. The zero-order valence-electron chi connectivity index (χ0n) is 9.09. The predicted molar refractivity (Wildman–Crippen MR) is 65.0 cm³/mol. The van der Waals surface area contributed by atoms with E-state index in [0.29, 0.717) is 6.54 Å². The minimum atomic E-state index is 0.421. The molecule has 4 N–H and O–H groups in total. The molecule has 3 aromatic heterocycles. The van der Waals surface area contributed by atoms with Crippen molar-refractivity contribution in [3.05, 3.63) is 42.5 Å². The minimum Gasteiger partial charge on any atom is -0.366 e. The lowest BCUT2D eigenvalue weighted by atomic mass is 10.4. The Bertz CT molecular complexity index is 625. The molecule has 0 amide bonds. The number of hydrogen-bond acceptors (Lipinski definition) is 4. The number of aromatic nitrogens is 4. The van der Waals surface area contributed by atoms with Crippen LogP contribution < -0.4 is 11.1 Å². The molecule has 17 heavy (non-hydrogen) atoms. The van der Waals surface area contributed by atoms with E-state index in [1.807, 2.05) is 36.8 Å². The van der Waals surface area contributed by atoms with Crippen molar-refractivity contribution in [2.75, 3.05) is 5.32 Å². The molecule has 3 aromatic rings. The SMILES string of the molecule is NCc1cn2nc(Nc3cc[nH]c3)ccc2n1. The Morgan fingerprint density at radius 1 is 1.35 bits per heavy atom. The molecule has 0 saturated heterocycles. The van der Waals surface area contributed by atoms with E-state index in [4.69, 9.17) is 5.73 Å². The summed E-state index contributed by atoms with van der Waals surface area (Å²) in [6.45, 7) is 0.421. The number of hydrogen-bond donors (Lipinski definition) is 3. The van der Waals surface area contributed by atoms with Crippen molar-refractivity contribution in [3.8, 4) is 0 Å². The normalized spacial score (nSPS) is 10.9. The highest BCUT2D eigenvalue weighted by molar-refractivity contribution is 5.56. The molecule has 0 aliphatic rings. The van der Waals surface area contributed by atoms with Gasteiger partial charge < -0.3 is 16.0 Å². The molecule has 0 saturated carbocycles. The number of nitrogens with zero attached hydrogens (tertiary/aromatic N) is 3. The molecule has 3 heterocycles. The lowest BCUT2D eigenvalue weighted by Gasteiger charge is -2.02. The topological polar surface area (TPSA) is 84.0 Å². The average Bonchev–Trinajstić information content (AvgIpc) is 2.96. The number of rotatable bonds is 3. The molecule has 6 nitrogen and oxygen atoms in total. The molecule has 0 bridgehead atoms. The van der Waals surface area contributed by atoms with Crippen LogP contribution in [0.1, 0.15) is 5.69 Å². The van der Waals surface area contributed by atoms with Crippen molar-refractivity contribution in [1.29, 1.82) is 0 Å². The number of nitrogens with one attached hydrogen (secondary N) is 2. The maximum atomic E-state index is 5.54. The summed E-state index contributed by atoms with van der Waals surface area (Å²) in [7, 11) is 0. The zero-order valence-corrected chi connectivity index (χ0v) is 9.09. The fourth-order valence-electron chi connectivity index (χ4n) is 1.65. The van der Waals surface area contributed by atoms with Crippen molar-refractivity contribution in [2.24, 2.45) is 5.73 Å². The molecule has 0 aromatic carbocycles. The van der Waals surface area contributed by atoms with Gasteiger partial charge in [0.2, 0.25) is 0 Å². The number of H-pyrrole nitrogens is 1. The number of nitrogens with two attached hydrogens (primary N) is 1. The van der Waals surface area contributed by atoms with E-state index in [-0.39, 0.29) is 0 Å². The molecule has 3 rings (SSSR count). The number of aromatic amines is 1. The smallest absolute Gasteiger partial charge is 0.153 e. The van der Waals surface area contributed by atoms with E-state index in [1.165, 1.54) is 0 Å². The third kappa shape index (κ3) is 1.85. The Kier molecular flexibility index (Phi) is 2.27. The van der Waals surface area contributed by atoms with Crippen LogP contribution in [0, 0.1) is 0 Å². The summed E-state index contributed by atoms with van der Waals surface area (Å²) in [5.74, 6) is 0.762. The van der Waals surface area contributed by atoms with E-state index in [2.05, 4.69) is 20.4 Å². The van der Waals surface area contributed by atoms with E-state index >= 15 is 0 Å². The second kappa shape index (κ2) is 3.91. The number of fused-ring (bicyclic) bond motifs is 1. The Morgan fingerprint density at radius 3 is 3.06 bits per heavy atom. The van der Waals surface area contributed by atoms with Crippen LogP contribution in [0.25, 0.3) is 5.65 Å². The van der Waals surface area contributed by atoms with Crippen molar-refractivity contribution in [1.82, 2.24) is 19.6 Å². The first-order valence-corrected chi connectivity index (χ1v) is 5.30. The molecular weight excluding hydrogens is 216 g/mol. The van der Waals surface area contributed by atoms with Gasteiger partial charge >= 0.3 is 0 Å². The largest absolute Gasteiger partial charge is 0.366 e. The van der Waals surface area contributed by atoms with E-state index < -0.39 is 0 Å². The summed E-state index contributed by atoms with van der Waals surface area (Å²) in [5, 5.41) is 7.57. The maximum Gasteiger partial charge on any atom is 0.153 e. The van der Waals surface area contributed by atoms with Crippen molar-refractivity contribution in [2.45, 2.75) is 6.54 Å². The lowest BCUT2D eigenvalue weighted by Crippen LogP contribution is -1.97. The van der Waals surface area contributed by atoms with Crippen LogP contribution >= 0.6 is 0 Å². The molecule has 86 valence electrons. The molecule has 0 aliphatic carbocycles. The molecule has 0 fully saturated rings. The third-order valence-electron chi connectivity index (χ3n) is 2.45. The minimum absolute atomic E-state index is 0.421. The van der Waals surface area contributed by atoms with Crippen LogP contribution in [0.4, 0.5) is 11.5 Å². The summed E-state index contributed by atoms with van der Waals surface area (Å²) in [6.07, 6.45) is 5.55. The molecule has 0 atom stereocenters. The standard InChI is InChI=1S/C11H12N6/c12-5-9-7-17-11(15-9)2-1-10(16-17)14-8-3-4-13-6-8/h1-4,6-7,13H,5,12H2,(H,14,16). The summed E-state index contributed by atoms with van der Waals surface area (Å²) >= 11 is 0. The van der Waals surface area contributed by atoms with Crippen LogP contribution in [0.2, 0.25) is 0 Å². The van der Waals surface area contributed by atoms with Gasteiger partial charge in [-0.25, -0.2) is 9.50 Å². The summed E-state index contributed by atoms with van der Waals surface area (Å²) in [6, 6.07) is 5.72. The second-order valence-electron chi connectivity index (χ2n) is 3.68. The van der Waals surface area contributed by atoms with E-state index in [1.54, 1.807) is 4.52 Å². The first kappa shape index (κ1) is 9.86. The molecule has 0 spiro atoms. The van der Waals surface area contributed by atoms with Crippen LogP contribution in [-0.4, -0.2) is 19.6 Å². The van der Waals surface area contributed by atoms with Gasteiger partial charge in [0.05, 0.1) is 17.6 Å². The third-order valence-corrected chi connectivity index (χ3v) is 2.45. The predicted octanol–water partition coefficient (Wildman–Crippen LogP) is 1.26. The van der Waals surface area contributed by atoms with Gasteiger partial charge in [0.25, 0.3) is 0 Å². The van der Waals surface area contributed by atoms with Crippen LogP contribution in [0.5, 0.6) is 0 Å². The van der Waals surface area contributed by atoms with Gasteiger partial charge in [-0.05, 0) is 18.2 Å². The Balaban J connectivity index is 1.95. The molecule has 0 aliphatic heterocycles. The van der Waals surface area contributed by atoms with Gasteiger partial charge in [0, 0.05) is 18.9 Å². The van der Waals surface area contributed by atoms with Gasteiger partial charge in [-0.1, -0.05) is 0 Å². The van der Waals surface area contributed by atoms with E-state index in [9.17, 15) is 0 Å². The monoisotopic (exact) mass is 228 g/mol. The quantitative estimate of drug-likeness (QED) is 0.630. The average molecular weight is 228 g/mol. The lowest BCUT2D eigenvalue weighted by molar-refractivity contribution is 0.934. The first-order chi connectivity index (χ1) is 8.35. The highest BCUT2D eigenvalue weighted by atomic mass is 15.3. The highest BCUT2D eigenvalue weighted by Crippen LogP contribution is 2.13. The van der Waals surface area contributed by atoms with Gasteiger partial charge in [-0.3, -0.25) is 0 Å². The van der Waals surface area contributed by atoms with Crippen molar-refractivity contribution in [3.63, 3.8) is 0 Å². The Morgan fingerprint density at radius 2 is 2.29 bits per heavy atom. The number of anilines is 2. The van der Waals surface area contributed by atoms with Crippen LogP contribution in [-0.2, 0) is 6.54 Å².